The molecule has 2 amide bonds. The Hall–Kier alpha value is -3.16. The zero-order valence-electron chi connectivity index (χ0n) is 18.8. The van der Waals surface area contributed by atoms with Gasteiger partial charge in [-0.15, -0.1) is 0 Å². The summed E-state index contributed by atoms with van der Waals surface area (Å²) in [6.45, 7) is 1.77. The average Bonchev–Trinajstić information content (AvgIpc) is 3.38. The van der Waals surface area contributed by atoms with Gasteiger partial charge in [0.05, 0.1) is 21.8 Å². The molecule has 0 spiro atoms. The van der Waals surface area contributed by atoms with Gasteiger partial charge in [0.2, 0.25) is 0 Å². The van der Waals surface area contributed by atoms with Crippen LogP contribution in [0.1, 0.15) is 39.1 Å². The van der Waals surface area contributed by atoms with Gasteiger partial charge in [-0.25, -0.2) is 0 Å². The molecule has 34 heavy (non-hydrogen) atoms. The Balaban J connectivity index is 1.36. The zero-order valence-corrected chi connectivity index (χ0v) is 20.3. The molecule has 0 radical (unpaired) electrons. The van der Waals surface area contributed by atoms with Gasteiger partial charge >= 0.3 is 0 Å². The van der Waals surface area contributed by atoms with Gasteiger partial charge in [0.15, 0.2) is 0 Å². The predicted octanol–water partition coefficient (Wildman–Crippen LogP) is 5.23. The number of rotatable bonds is 9. The first kappa shape index (κ1) is 24.0. The Labute approximate surface area is 207 Å². The maximum atomic E-state index is 12.9. The Morgan fingerprint density at radius 2 is 1.79 bits per heavy atom. The molecule has 3 aromatic carbocycles. The first-order valence-electron chi connectivity index (χ1n) is 11.4. The summed E-state index contributed by atoms with van der Waals surface area (Å²) in [7, 11) is 0. The molecule has 3 aromatic rings. The Morgan fingerprint density at radius 1 is 1.00 bits per heavy atom. The molecule has 1 aliphatic heterocycles. The lowest BCUT2D eigenvalue weighted by molar-refractivity contribution is 0.0677. The van der Waals surface area contributed by atoms with Crippen LogP contribution in [0.3, 0.4) is 0 Å². The molecule has 4 rings (SSSR count). The lowest BCUT2D eigenvalue weighted by Crippen LogP contribution is -2.27. The van der Waals surface area contributed by atoms with Gasteiger partial charge in [-0.05, 0) is 71.1 Å². The fourth-order valence-corrected chi connectivity index (χ4v) is 4.26. The SMILES string of the molecule is O=C(Nc1ccccc1C(=O)NCCc1ccccc1)c1ccc(OCC2CCCO2)c(Br)c1. The van der Waals surface area contributed by atoms with E-state index in [1.54, 1.807) is 42.5 Å². The van der Waals surface area contributed by atoms with Crippen LogP contribution in [0.2, 0.25) is 0 Å². The number of nitrogens with one attached hydrogen (secondary N) is 2. The predicted molar refractivity (Wildman–Crippen MR) is 135 cm³/mol. The Kier molecular flexibility index (Phi) is 8.33. The van der Waals surface area contributed by atoms with Crippen LogP contribution in [-0.2, 0) is 11.2 Å². The van der Waals surface area contributed by atoms with Crippen LogP contribution in [0.5, 0.6) is 5.75 Å². The van der Waals surface area contributed by atoms with Crippen molar-refractivity contribution >= 4 is 33.4 Å². The molecule has 2 N–H and O–H groups in total. The van der Waals surface area contributed by atoms with Gasteiger partial charge in [-0.3, -0.25) is 9.59 Å². The molecular weight excluding hydrogens is 496 g/mol. The monoisotopic (exact) mass is 522 g/mol. The lowest BCUT2D eigenvalue weighted by Gasteiger charge is -2.14. The third-order valence-corrected chi connectivity index (χ3v) is 6.22. The number of carbonyl (C=O) groups is 2. The van der Waals surface area contributed by atoms with Crippen molar-refractivity contribution in [1.29, 1.82) is 0 Å². The molecule has 6 nitrogen and oxygen atoms in total. The maximum absolute atomic E-state index is 12.9. The molecule has 1 heterocycles. The van der Waals surface area contributed by atoms with Crippen molar-refractivity contribution in [1.82, 2.24) is 5.32 Å². The Bertz CT molecular complexity index is 1130. The zero-order chi connectivity index (χ0) is 23.8. The van der Waals surface area contributed by atoms with E-state index in [4.69, 9.17) is 9.47 Å². The highest BCUT2D eigenvalue weighted by molar-refractivity contribution is 9.10. The molecule has 176 valence electrons. The van der Waals surface area contributed by atoms with E-state index in [0.29, 0.717) is 40.2 Å². The van der Waals surface area contributed by atoms with E-state index >= 15 is 0 Å². The van der Waals surface area contributed by atoms with Crippen molar-refractivity contribution in [3.8, 4) is 5.75 Å². The van der Waals surface area contributed by atoms with Crippen molar-refractivity contribution in [3.05, 3.63) is 94.0 Å². The number of amides is 2. The number of ether oxygens (including phenoxy) is 2. The highest BCUT2D eigenvalue weighted by Gasteiger charge is 2.18. The van der Waals surface area contributed by atoms with Crippen LogP contribution < -0.4 is 15.4 Å². The molecule has 0 bridgehead atoms. The molecule has 0 saturated carbocycles. The quantitative estimate of drug-likeness (QED) is 0.403. The second-order valence-corrected chi connectivity index (χ2v) is 8.94. The van der Waals surface area contributed by atoms with Crippen molar-refractivity contribution in [2.45, 2.75) is 25.4 Å². The minimum atomic E-state index is -0.309. The smallest absolute Gasteiger partial charge is 0.255 e. The average molecular weight is 523 g/mol. The summed E-state index contributed by atoms with van der Waals surface area (Å²) >= 11 is 3.49. The first-order valence-corrected chi connectivity index (χ1v) is 12.2. The van der Waals surface area contributed by atoms with E-state index in [2.05, 4.69) is 26.6 Å². The third kappa shape index (κ3) is 6.46. The molecular formula is C27H27BrN2O4. The lowest BCUT2D eigenvalue weighted by atomic mass is 10.1. The summed E-state index contributed by atoms with van der Waals surface area (Å²) in [5, 5.41) is 5.79. The van der Waals surface area contributed by atoms with Crippen molar-refractivity contribution < 1.29 is 19.1 Å². The Morgan fingerprint density at radius 3 is 2.56 bits per heavy atom. The number of halogens is 1. The second-order valence-electron chi connectivity index (χ2n) is 8.08. The van der Waals surface area contributed by atoms with Gasteiger partial charge in [-0.1, -0.05) is 42.5 Å². The van der Waals surface area contributed by atoms with E-state index in [0.717, 1.165) is 31.4 Å². The maximum Gasteiger partial charge on any atom is 0.255 e. The largest absolute Gasteiger partial charge is 0.490 e. The van der Waals surface area contributed by atoms with Gasteiger partial charge in [-0.2, -0.15) is 0 Å². The van der Waals surface area contributed by atoms with E-state index in [9.17, 15) is 9.59 Å². The van der Waals surface area contributed by atoms with Crippen molar-refractivity contribution in [3.63, 3.8) is 0 Å². The minimum Gasteiger partial charge on any atom is -0.490 e. The number of hydrogen-bond acceptors (Lipinski definition) is 4. The number of benzene rings is 3. The van der Waals surface area contributed by atoms with Gasteiger partial charge in [0.25, 0.3) is 11.8 Å². The van der Waals surface area contributed by atoms with E-state index < -0.39 is 0 Å². The number of carbonyl (C=O) groups excluding carboxylic acids is 2. The van der Waals surface area contributed by atoms with Crippen LogP contribution >= 0.6 is 15.9 Å². The van der Waals surface area contributed by atoms with E-state index in [1.165, 1.54) is 0 Å². The van der Waals surface area contributed by atoms with E-state index in [-0.39, 0.29) is 17.9 Å². The number of anilines is 1. The molecule has 1 saturated heterocycles. The number of hydrogen-bond donors (Lipinski definition) is 2. The summed E-state index contributed by atoms with van der Waals surface area (Å²) in [6, 6.07) is 22.1. The fourth-order valence-electron chi connectivity index (χ4n) is 3.76. The highest BCUT2D eigenvalue weighted by Crippen LogP contribution is 2.27. The molecule has 1 atom stereocenters. The summed E-state index contributed by atoms with van der Waals surface area (Å²) in [5.74, 6) is 0.118. The van der Waals surface area contributed by atoms with Gasteiger partial charge in [0, 0.05) is 18.7 Å². The molecule has 1 fully saturated rings. The van der Waals surface area contributed by atoms with Crippen LogP contribution in [0.4, 0.5) is 5.69 Å². The molecule has 0 aliphatic carbocycles. The number of para-hydroxylation sites is 1. The van der Waals surface area contributed by atoms with Crippen LogP contribution in [0, 0.1) is 0 Å². The summed E-state index contributed by atoms with van der Waals surface area (Å²) in [6.07, 6.45) is 2.90. The normalized spacial score (nSPS) is 15.0. The summed E-state index contributed by atoms with van der Waals surface area (Å²) in [4.78, 5) is 25.7. The fraction of sp³-hybridized carbons (Fsp3) is 0.259. The van der Waals surface area contributed by atoms with Gasteiger partial charge < -0.3 is 20.1 Å². The standard InChI is InChI=1S/C27H27BrN2O4/c28-23-17-20(12-13-25(23)34-18-21-9-6-16-33-21)26(31)30-24-11-5-4-10-22(24)27(32)29-15-14-19-7-2-1-3-8-19/h1-5,7-8,10-13,17,21H,6,9,14-16,18H2,(H,29,32)(H,30,31). The van der Waals surface area contributed by atoms with Gasteiger partial charge in [0.1, 0.15) is 12.4 Å². The van der Waals surface area contributed by atoms with Crippen molar-refractivity contribution in [2.75, 3.05) is 25.1 Å². The molecule has 0 aromatic heterocycles. The molecule has 1 unspecified atom stereocenters. The summed E-state index contributed by atoms with van der Waals surface area (Å²) < 4.78 is 12.1. The van der Waals surface area contributed by atoms with Crippen molar-refractivity contribution in [2.24, 2.45) is 0 Å². The van der Waals surface area contributed by atoms with Crippen LogP contribution in [0.25, 0.3) is 0 Å². The molecule has 1 aliphatic rings. The summed E-state index contributed by atoms with van der Waals surface area (Å²) in [5.41, 5.74) is 2.48. The highest BCUT2D eigenvalue weighted by atomic mass is 79.9. The topological polar surface area (TPSA) is 76.7 Å². The first-order chi connectivity index (χ1) is 16.6. The van der Waals surface area contributed by atoms with E-state index in [1.807, 2.05) is 30.3 Å². The third-order valence-electron chi connectivity index (χ3n) is 5.60. The molecule has 7 heteroatoms. The van der Waals surface area contributed by atoms with Crippen LogP contribution in [-0.4, -0.2) is 37.7 Å². The minimum absolute atomic E-state index is 0.116. The van der Waals surface area contributed by atoms with Crippen LogP contribution in [0.15, 0.2) is 77.3 Å². The second kappa shape index (κ2) is 11.8.